The molecule has 76 valence electrons. The zero-order valence-corrected chi connectivity index (χ0v) is 8.67. The molecule has 0 spiro atoms. The minimum atomic E-state index is -1.62. The number of nitriles is 3. The van der Waals surface area contributed by atoms with E-state index in [-0.39, 0.29) is 17.9 Å². The van der Waals surface area contributed by atoms with Crippen molar-refractivity contribution in [2.75, 3.05) is 0 Å². The Balaban J connectivity index is 3.42. The Morgan fingerprint density at radius 1 is 1.40 bits per heavy atom. The van der Waals surface area contributed by atoms with Crippen LogP contribution in [0.2, 0.25) is 0 Å². The minimum Gasteiger partial charge on any atom is -0.456 e. The fourth-order valence-electron chi connectivity index (χ4n) is 1.46. The van der Waals surface area contributed by atoms with Gasteiger partial charge in [0.15, 0.2) is 10.5 Å². The molecular formula is C9H7ClN4O. The second-order valence-electron chi connectivity index (χ2n) is 3.36. The van der Waals surface area contributed by atoms with Crippen LogP contribution in [0.3, 0.4) is 0 Å². The van der Waals surface area contributed by atoms with Crippen molar-refractivity contribution in [3.8, 4) is 18.2 Å². The predicted octanol–water partition coefficient (Wildman–Crippen LogP) is 1.09. The second-order valence-corrected chi connectivity index (χ2v) is 4.16. The zero-order chi connectivity index (χ0) is 11.7. The van der Waals surface area contributed by atoms with Crippen LogP contribution in [0.1, 0.15) is 13.3 Å². The highest BCUT2D eigenvalue weighted by atomic mass is 35.5. The molecule has 0 radical (unpaired) electrons. The van der Waals surface area contributed by atoms with Gasteiger partial charge < -0.3 is 10.5 Å². The Kier molecular flexibility index (Phi) is 2.50. The Bertz CT molecular complexity index is 432. The summed E-state index contributed by atoms with van der Waals surface area (Å²) in [6.45, 7) is 1.49. The van der Waals surface area contributed by atoms with Crippen molar-refractivity contribution in [1.29, 1.82) is 15.8 Å². The molecule has 1 rings (SSSR count). The molecular weight excluding hydrogens is 216 g/mol. The van der Waals surface area contributed by atoms with E-state index in [1.807, 2.05) is 0 Å². The van der Waals surface area contributed by atoms with Gasteiger partial charge in [-0.1, -0.05) is 11.6 Å². The Labute approximate surface area is 91.9 Å². The Morgan fingerprint density at radius 3 is 2.33 bits per heavy atom. The van der Waals surface area contributed by atoms with Crippen molar-refractivity contribution in [2.24, 2.45) is 11.1 Å². The van der Waals surface area contributed by atoms with Crippen molar-refractivity contribution in [3.05, 3.63) is 11.5 Å². The summed E-state index contributed by atoms with van der Waals surface area (Å²) in [7, 11) is 0. The van der Waals surface area contributed by atoms with Gasteiger partial charge >= 0.3 is 0 Å². The number of ether oxygens (including phenoxy) is 1. The summed E-state index contributed by atoms with van der Waals surface area (Å²) in [5, 5.41) is 25.5. The van der Waals surface area contributed by atoms with Crippen LogP contribution in [-0.4, -0.2) is 5.06 Å². The van der Waals surface area contributed by atoms with Crippen LogP contribution in [0.5, 0.6) is 0 Å². The van der Waals surface area contributed by atoms with Gasteiger partial charge in [-0.15, -0.1) is 0 Å². The van der Waals surface area contributed by atoms with E-state index >= 15 is 0 Å². The van der Waals surface area contributed by atoms with E-state index in [1.165, 1.54) is 6.92 Å². The van der Waals surface area contributed by atoms with Gasteiger partial charge in [-0.05, 0) is 6.92 Å². The predicted molar refractivity (Wildman–Crippen MR) is 50.4 cm³/mol. The topological polar surface area (TPSA) is 107 Å². The van der Waals surface area contributed by atoms with E-state index in [1.54, 1.807) is 18.2 Å². The molecule has 2 N–H and O–H groups in total. The van der Waals surface area contributed by atoms with Crippen LogP contribution in [0.25, 0.3) is 0 Å². The number of allylic oxidation sites excluding steroid dienone is 1. The number of rotatable bonds is 0. The lowest BCUT2D eigenvalue weighted by molar-refractivity contribution is 0.0475. The average molecular weight is 223 g/mol. The third-order valence-corrected chi connectivity index (χ3v) is 2.28. The van der Waals surface area contributed by atoms with E-state index in [9.17, 15) is 0 Å². The summed E-state index contributed by atoms with van der Waals surface area (Å²) in [6, 6.07) is 5.25. The lowest BCUT2D eigenvalue weighted by Crippen LogP contribution is -2.39. The normalized spacial score (nSPS) is 28.2. The molecule has 0 aliphatic carbocycles. The smallest absolute Gasteiger partial charge is 0.202 e. The molecule has 0 aromatic carbocycles. The molecule has 0 bridgehead atoms. The maximum absolute atomic E-state index is 8.97. The molecule has 15 heavy (non-hydrogen) atoms. The van der Waals surface area contributed by atoms with Crippen molar-refractivity contribution in [3.63, 3.8) is 0 Å². The molecule has 0 aromatic rings. The van der Waals surface area contributed by atoms with E-state index in [2.05, 4.69) is 0 Å². The minimum absolute atomic E-state index is 0.0991. The van der Waals surface area contributed by atoms with Gasteiger partial charge in [0.25, 0.3) is 0 Å². The molecule has 1 atom stereocenters. The SMILES string of the molecule is C[C@]1(Cl)CC(C#N)(C#N)C(C#N)=C(N)O1. The van der Waals surface area contributed by atoms with Gasteiger partial charge in [0, 0.05) is 6.42 Å². The van der Waals surface area contributed by atoms with E-state index < -0.39 is 10.5 Å². The lowest BCUT2D eigenvalue weighted by atomic mass is 9.77. The number of nitrogens with two attached hydrogens (primary N) is 1. The van der Waals surface area contributed by atoms with E-state index in [0.29, 0.717) is 0 Å². The summed E-state index contributed by atoms with van der Waals surface area (Å²) in [6.07, 6.45) is -0.0991. The van der Waals surface area contributed by atoms with Crippen LogP contribution >= 0.6 is 11.6 Å². The van der Waals surface area contributed by atoms with Crippen LogP contribution in [0, 0.1) is 39.4 Å². The molecule has 0 saturated carbocycles. The third-order valence-electron chi connectivity index (χ3n) is 2.07. The standard InChI is InChI=1S/C9H7ClN4O/c1-8(10)3-9(4-12,5-13)6(2-11)7(14)15-8/h3,14H2,1H3/t8-/m1/s1. The molecule has 1 aliphatic heterocycles. The molecule has 0 aromatic heterocycles. The maximum atomic E-state index is 8.97. The first-order valence-electron chi connectivity index (χ1n) is 4.01. The molecule has 6 heteroatoms. The van der Waals surface area contributed by atoms with Gasteiger partial charge in [-0.3, -0.25) is 0 Å². The van der Waals surface area contributed by atoms with Crippen molar-refractivity contribution < 1.29 is 4.74 Å². The summed E-state index contributed by atoms with van der Waals surface area (Å²) in [5.41, 5.74) is 3.65. The van der Waals surface area contributed by atoms with Crippen LogP contribution in [-0.2, 0) is 4.74 Å². The summed E-state index contributed by atoms with van der Waals surface area (Å²) in [4.78, 5) is 0. The molecule has 0 amide bonds. The monoisotopic (exact) mass is 222 g/mol. The number of nitrogens with zero attached hydrogens (tertiary/aromatic N) is 3. The highest BCUT2D eigenvalue weighted by molar-refractivity contribution is 6.22. The summed E-state index contributed by atoms with van der Waals surface area (Å²) < 4.78 is 5.03. The van der Waals surface area contributed by atoms with E-state index in [0.717, 1.165) is 0 Å². The van der Waals surface area contributed by atoms with Crippen molar-refractivity contribution >= 4 is 11.6 Å². The van der Waals surface area contributed by atoms with Gasteiger partial charge in [0.05, 0.1) is 12.1 Å². The highest BCUT2D eigenvalue weighted by Gasteiger charge is 2.49. The van der Waals surface area contributed by atoms with E-state index in [4.69, 9.17) is 37.9 Å². The average Bonchev–Trinajstić information content (AvgIpc) is 2.15. The Hall–Kier alpha value is -1.90. The van der Waals surface area contributed by atoms with Gasteiger partial charge in [-0.2, -0.15) is 15.8 Å². The molecule has 1 aliphatic rings. The molecule has 5 nitrogen and oxygen atoms in total. The van der Waals surface area contributed by atoms with Gasteiger partial charge in [-0.25, -0.2) is 0 Å². The zero-order valence-electron chi connectivity index (χ0n) is 7.91. The summed E-state index contributed by atoms with van der Waals surface area (Å²) >= 11 is 5.88. The lowest BCUT2D eigenvalue weighted by Gasteiger charge is -2.34. The molecule has 1 heterocycles. The molecule has 0 fully saturated rings. The Morgan fingerprint density at radius 2 is 1.93 bits per heavy atom. The van der Waals surface area contributed by atoms with Gasteiger partial charge in [0.2, 0.25) is 5.88 Å². The first kappa shape index (κ1) is 11.2. The number of halogens is 1. The largest absolute Gasteiger partial charge is 0.456 e. The van der Waals surface area contributed by atoms with Crippen molar-refractivity contribution in [2.45, 2.75) is 18.4 Å². The van der Waals surface area contributed by atoms with Crippen LogP contribution in [0.15, 0.2) is 11.5 Å². The molecule has 0 unspecified atom stereocenters. The number of hydrogen-bond acceptors (Lipinski definition) is 5. The fraction of sp³-hybridized carbons (Fsp3) is 0.444. The molecule has 0 saturated heterocycles. The third kappa shape index (κ3) is 1.68. The van der Waals surface area contributed by atoms with Gasteiger partial charge in [0.1, 0.15) is 11.6 Å². The first-order chi connectivity index (χ1) is 6.90. The summed E-state index contributed by atoms with van der Waals surface area (Å²) in [5.74, 6) is -0.260. The number of hydrogen-bond donors (Lipinski definition) is 1. The van der Waals surface area contributed by atoms with Crippen LogP contribution < -0.4 is 5.73 Å². The fourth-order valence-corrected chi connectivity index (χ4v) is 1.74. The first-order valence-corrected chi connectivity index (χ1v) is 4.39. The highest BCUT2D eigenvalue weighted by Crippen LogP contribution is 2.44. The van der Waals surface area contributed by atoms with Crippen molar-refractivity contribution in [1.82, 2.24) is 0 Å². The van der Waals surface area contributed by atoms with Crippen LogP contribution in [0.4, 0.5) is 0 Å². The maximum Gasteiger partial charge on any atom is 0.202 e. The number of alkyl halides is 1. The second kappa shape index (κ2) is 3.35. The quantitative estimate of drug-likeness (QED) is 0.618.